The lowest BCUT2D eigenvalue weighted by atomic mass is 10.1. The third kappa shape index (κ3) is 0.944. The smallest absolute Gasteiger partial charge is 0.184 e. The second-order valence-electron chi connectivity index (χ2n) is 2.81. The molecule has 3 heteroatoms. The van der Waals surface area contributed by atoms with Crippen LogP contribution in [0.1, 0.15) is 12.8 Å². The maximum atomic E-state index is 5.45. The molecule has 3 nitrogen and oxygen atoms in total. The van der Waals surface area contributed by atoms with Crippen molar-refractivity contribution < 1.29 is 14.2 Å². The Bertz CT molecular complexity index is 126. The molecule has 0 aromatic heterocycles. The van der Waals surface area contributed by atoms with Gasteiger partial charge in [0.2, 0.25) is 0 Å². The normalized spacial score (nSPS) is 45.9. The predicted octanol–water partition coefficient (Wildman–Crippen LogP) is 0.537. The van der Waals surface area contributed by atoms with Crippen molar-refractivity contribution in [2.45, 2.75) is 31.3 Å². The van der Waals surface area contributed by atoms with E-state index in [0.717, 1.165) is 19.4 Å². The van der Waals surface area contributed by atoms with Crippen LogP contribution in [0.5, 0.6) is 0 Å². The van der Waals surface area contributed by atoms with Crippen molar-refractivity contribution in [3.8, 4) is 0 Å². The van der Waals surface area contributed by atoms with Crippen LogP contribution in [0.15, 0.2) is 0 Å². The molecule has 1 unspecified atom stereocenters. The van der Waals surface area contributed by atoms with E-state index in [9.17, 15) is 0 Å². The minimum atomic E-state index is -0.0799. The van der Waals surface area contributed by atoms with E-state index in [1.807, 2.05) is 0 Å². The first-order chi connectivity index (χ1) is 4.90. The Kier molecular flexibility index (Phi) is 1.64. The van der Waals surface area contributed by atoms with Gasteiger partial charge in [0.25, 0.3) is 0 Å². The number of methoxy groups -OCH3 is 1. The highest BCUT2D eigenvalue weighted by molar-refractivity contribution is 4.79. The zero-order valence-corrected chi connectivity index (χ0v) is 6.08. The summed E-state index contributed by atoms with van der Waals surface area (Å²) < 4.78 is 16.0. The van der Waals surface area contributed by atoms with Crippen LogP contribution in [0.2, 0.25) is 0 Å². The highest BCUT2D eigenvalue weighted by atomic mass is 16.7. The minimum Gasteiger partial charge on any atom is -0.376 e. The molecule has 2 heterocycles. The van der Waals surface area contributed by atoms with Crippen molar-refractivity contribution in [1.29, 1.82) is 0 Å². The molecule has 2 bridgehead atoms. The fourth-order valence-electron chi connectivity index (χ4n) is 1.53. The molecule has 0 radical (unpaired) electrons. The Morgan fingerprint density at radius 1 is 1.40 bits per heavy atom. The van der Waals surface area contributed by atoms with Gasteiger partial charge in [0.15, 0.2) is 6.29 Å². The summed E-state index contributed by atoms with van der Waals surface area (Å²) in [5.74, 6) is 0. The first kappa shape index (κ1) is 6.58. The van der Waals surface area contributed by atoms with Gasteiger partial charge in [-0.2, -0.15) is 0 Å². The number of hydrogen-bond donors (Lipinski definition) is 0. The molecular weight excluding hydrogens is 132 g/mol. The Balaban J connectivity index is 2.00. The zero-order valence-electron chi connectivity index (χ0n) is 6.08. The first-order valence-electron chi connectivity index (χ1n) is 3.70. The van der Waals surface area contributed by atoms with E-state index < -0.39 is 0 Å². The summed E-state index contributed by atoms with van der Waals surface area (Å²) in [5.41, 5.74) is 0. The van der Waals surface area contributed by atoms with Crippen LogP contribution in [-0.2, 0) is 14.2 Å². The van der Waals surface area contributed by atoms with E-state index in [-0.39, 0.29) is 12.4 Å². The molecule has 0 N–H and O–H groups in total. The summed E-state index contributed by atoms with van der Waals surface area (Å²) in [7, 11) is 1.70. The van der Waals surface area contributed by atoms with Gasteiger partial charge in [-0.25, -0.2) is 0 Å². The monoisotopic (exact) mass is 144 g/mol. The molecule has 2 aliphatic rings. The highest BCUT2D eigenvalue weighted by Gasteiger charge is 2.37. The molecule has 0 aliphatic carbocycles. The molecule has 10 heavy (non-hydrogen) atoms. The van der Waals surface area contributed by atoms with E-state index >= 15 is 0 Å². The molecule has 0 aromatic rings. The molecule has 2 fully saturated rings. The van der Waals surface area contributed by atoms with Gasteiger partial charge in [-0.3, -0.25) is 0 Å². The fourth-order valence-corrected chi connectivity index (χ4v) is 1.53. The molecular formula is C7H12O3. The highest BCUT2D eigenvalue weighted by Crippen LogP contribution is 2.28. The Morgan fingerprint density at radius 2 is 2.30 bits per heavy atom. The lowest BCUT2D eigenvalue weighted by Gasteiger charge is -2.25. The van der Waals surface area contributed by atoms with Crippen molar-refractivity contribution in [3.05, 3.63) is 0 Å². The Morgan fingerprint density at radius 3 is 3.10 bits per heavy atom. The van der Waals surface area contributed by atoms with E-state index in [1.165, 1.54) is 0 Å². The Hall–Kier alpha value is -0.120. The number of fused-ring (bicyclic) bond motifs is 2. The lowest BCUT2D eigenvalue weighted by Crippen LogP contribution is -2.33. The van der Waals surface area contributed by atoms with Gasteiger partial charge in [0.1, 0.15) is 6.10 Å². The summed E-state index contributed by atoms with van der Waals surface area (Å²) in [6, 6.07) is 0. The largest absolute Gasteiger partial charge is 0.376 e. The Labute approximate surface area is 60.3 Å². The number of hydrogen-bond acceptors (Lipinski definition) is 3. The zero-order chi connectivity index (χ0) is 6.97. The average molecular weight is 144 g/mol. The summed E-state index contributed by atoms with van der Waals surface area (Å²) in [5, 5.41) is 0. The molecule has 0 aromatic carbocycles. The van der Waals surface area contributed by atoms with Crippen LogP contribution in [0.3, 0.4) is 0 Å². The quantitative estimate of drug-likeness (QED) is 0.537. The maximum Gasteiger partial charge on any atom is 0.184 e. The molecule has 2 aliphatic heterocycles. The molecule has 2 saturated heterocycles. The SMILES string of the molecule is COC1CC[C@H]2CO[C@@H]1O2. The van der Waals surface area contributed by atoms with Crippen LogP contribution in [0.4, 0.5) is 0 Å². The molecule has 2 rings (SSSR count). The van der Waals surface area contributed by atoms with Gasteiger partial charge in [-0.15, -0.1) is 0 Å². The van der Waals surface area contributed by atoms with Crippen molar-refractivity contribution in [2.24, 2.45) is 0 Å². The van der Waals surface area contributed by atoms with Gasteiger partial charge in [0.05, 0.1) is 12.7 Å². The van der Waals surface area contributed by atoms with Crippen LogP contribution >= 0.6 is 0 Å². The second kappa shape index (κ2) is 2.49. The second-order valence-corrected chi connectivity index (χ2v) is 2.81. The van der Waals surface area contributed by atoms with E-state index in [0.29, 0.717) is 6.10 Å². The fraction of sp³-hybridized carbons (Fsp3) is 1.00. The molecule has 3 atom stereocenters. The summed E-state index contributed by atoms with van der Waals surface area (Å²) in [6.07, 6.45) is 2.58. The van der Waals surface area contributed by atoms with Gasteiger partial charge < -0.3 is 14.2 Å². The van der Waals surface area contributed by atoms with Crippen molar-refractivity contribution in [2.75, 3.05) is 13.7 Å². The van der Waals surface area contributed by atoms with Crippen LogP contribution in [0.25, 0.3) is 0 Å². The van der Waals surface area contributed by atoms with Crippen molar-refractivity contribution in [3.63, 3.8) is 0 Å². The summed E-state index contributed by atoms with van der Waals surface area (Å²) in [4.78, 5) is 0. The average Bonchev–Trinajstić information content (AvgIpc) is 2.34. The van der Waals surface area contributed by atoms with Crippen molar-refractivity contribution >= 4 is 0 Å². The van der Waals surface area contributed by atoms with Crippen molar-refractivity contribution in [1.82, 2.24) is 0 Å². The van der Waals surface area contributed by atoms with E-state index in [2.05, 4.69) is 0 Å². The number of ether oxygens (including phenoxy) is 3. The predicted molar refractivity (Wildman–Crippen MR) is 34.6 cm³/mol. The standard InChI is InChI=1S/C7H12O3/c1-8-6-3-2-5-4-9-7(6)10-5/h5-7H,2-4H2,1H3/t5-,6?,7+/m0/s1. The van der Waals surface area contributed by atoms with Gasteiger partial charge in [-0.05, 0) is 12.8 Å². The topological polar surface area (TPSA) is 27.7 Å². The third-order valence-electron chi connectivity index (χ3n) is 2.15. The van der Waals surface area contributed by atoms with Crippen LogP contribution < -0.4 is 0 Å². The minimum absolute atomic E-state index is 0.0799. The first-order valence-corrected chi connectivity index (χ1v) is 3.70. The maximum absolute atomic E-state index is 5.45. The van der Waals surface area contributed by atoms with Crippen LogP contribution in [-0.4, -0.2) is 32.2 Å². The lowest BCUT2D eigenvalue weighted by molar-refractivity contribution is -0.163. The summed E-state index contributed by atoms with van der Waals surface area (Å²) in [6.45, 7) is 0.754. The molecule has 0 saturated carbocycles. The molecule has 0 spiro atoms. The van der Waals surface area contributed by atoms with E-state index in [1.54, 1.807) is 7.11 Å². The molecule has 0 amide bonds. The van der Waals surface area contributed by atoms with Gasteiger partial charge in [0, 0.05) is 7.11 Å². The molecule has 58 valence electrons. The van der Waals surface area contributed by atoms with Crippen LogP contribution in [0, 0.1) is 0 Å². The third-order valence-corrected chi connectivity index (χ3v) is 2.15. The number of rotatable bonds is 1. The van der Waals surface area contributed by atoms with Gasteiger partial charge >= 0.3 is 0 Å². The summed E-state index contributed by atoms with van der Waals surface area (Å²) >= 11 is 0. The van der Waals surface area contributed by atoms with Gasteiger partial charge in [-0.1, -0.05) is 0 Å². The van der Waals surface area contributed by atoms with E-state index in [4.69, 9.17) is 14.2 Å².